The van der Waals surface area contributed by atoms with E-state index in [1.54, 1.807) is 0 Å². The number of para-hydroxylation sites is 1. The van der Waals surface area contributed by atoms with Crippen LogP contribution in [0, 0.1) is 0 Å². The van der Waals surface area contributed by atoms with Crippen molar-refractivity contribution in [2.24, 2.45) is 0 Å². The molecule has 1 saturated heterocycles. The van der Waals surface area contributed by atoms with Gasteiger partial charge in [-0.3, -0.25) is 4.79 Å². The number of anilines is 2. The lowest BCUT2D eigenvalue weighted by Crippen LogP contribution is -2.30. The molecule has 0 spiro atoms. The van der Waals surface area contributed by atoms with Crippen molar-refractivity contribution in [2.75, 3.05) is 23.7 Å². The number of aromatic nitrogens is 2. The van der Waals surface area contributed by atoms with Crippen molar-refractivity contribution in [1.29, 1.82) is 0 Å². The molecule has 0 bridgehead atoms. The molecule has 5 nitrogen and oxygen atoms in total. The number of piperidine rings is 1. The van der Waals surface area contributed by atoms with Crippen LogP contribution in [0.25, 0.3) is 0 Å². The standard InChI is InChI=1S/C17H20N4O/c18-17-16(19-8-9-20-17)15(22)12-13-6-2-3-7-14(13)21-10-4-1-5-11-21/h2-3,6-9H,1,4-5,10-12H2,(H2,18,20). The van der Waals surface area contributed by atoms with Crippen LogP contribution in [-0.2, 0) is 6.42 Å². The first-order valence-corrected chi connectivity index (χ1v) is 7.68. The number of Topliss-reactive ketones (excluding diaryl/α,β-unsaturated/α-hetero) is 1. The monoisotopic (exact) mass is 296 g/mol. The molecule has 5 heteroatoms. The van der Waals surface area contributed by atoms with E-state index in [1.807, 2.05) is 18.2 Å². The van der Waals surface area contributed by atoms with E-state index in [2.05, 4.69) is 20.9 Å². The van der Waals surface area contributed by atoms with Gasteiger partial charge in [0, 0.05) is 37.6 Å². The second-order valence-corrected chi connectivity index (χ2v) is 5.57. The molecule has 2 heterocycles. The first-order valence-electron chi connectivity index (χ1n) is 7.68. The molecule has 1 aromatic heterocycles. The third-order valence-electron chi connectivity index (χ3n) is 4.03. The van der Waals surface area contributed by atoms with Crippen molar-refractivity contribution in [3.8, 4) is 0 Å². The molecule has 0 unspecified atom stereocenters. The Morgan fingerprint density at radius 1 is 1.09 bits per heavy atom. The topological polar surface area (TPSA) is 72.1 Å². The number of hydrogen-bond acceptors (Lipinski definition) is 5. The van der Waals surface area contributed by atoms with Crippen molar-refractivity contribution in [1.82, 2.24) is 9.97 Å². The Hall–Kier alpha value is -2.43. The number of hydrogen-bond donors (Lipinski definition) is 1. The van der Waals surface area contributed by atoms with Crippen LogP contribution >= 0.6 is 0 Å². The van der Waals surface area contributed by atoms with Gasteiger partial charge < -0.3 is 10.6 Å². The predicted molar refractivity (Wildman–Crippen MR) is 87.0 cm³/mol. The average Bonchev–Trinajstić information content (AvgIpc) is 2.56. The van der Waals surface area contributed by atoms with Crippen molar-refractivity contribution < 1.29 is 4.79 Å². The number of benzene rings is 1. The van der Waals surface area contributed by atoms with Crippen molar-refractivity contribution in [3.63, 3.8) is 0 Å². The molecule has 22 heavy (non-hydrogen) atoms. The summed E-state index contributed by atoms with van der Waals surface area (Å²) in [5, 5.41) is 0. The van der Waals surface area contributed by atoms with Crippen LogP contribution in [0.2, 0.25) is 0 Å². The maximum Gasteiger partial charge on any atom is 0.189 e. The quantitative estimate of drug-likeness (QED) is 0.878. The van der Waals surface area contributed by atoms with Crippen LogP contribution in [0.3, 0.4) is 0 Å². The zero-order chi connectivity index (χ0) is 15.4. The highest BCUT2D eigenvalue weighted by molar-refractivity contribution is 5.99. The minimum Gasteiger partial charge on any atom is -0.382 e. The van der Waals surface area contributed by atoms with Crippen LogP contribution in [0.15, 0.2) is 36.7 Å². The molecule has 3 rings (SSSR count). The fraction of sp³-hybridized carbons (Fsp3) is 0.353. The Morgan fingerprint density at radius 2 is 1.82 bits per heavy atom. The third kappa shape index (κ3) is 3.08. The summed E-state index contributed by atoms with van der Waals surface area (Å²) in [6.07, 6.45) is 7.00. The van der Waals surface area contributed by atoms with Gasteiger partial charge in [0.25, 0.3) is 0 Å². The summed E-state index contributed by atoms with van der Waals surface area (Å²) in [7, 11) is 0. The van der Waals surface area contributed by atoms with E-state index in [4.69, 9.17) is 5.73 Å². The van der Waals surface area contributed by atoms with Gasteiger partial charge in [-0.05, 0) is 30.9 Å². The van der Waals surface area contributed by atoms with E-state index in [0.717, 1.165) is 24.3 Å². The number of rotatable bonds is 4. The summed E-state index contributed by atoms with van der Waals surface area (Å²) in [6.45, 7) is 2.11. The van der Waals surface area contributed by atoms with Crippen LogP contribution in [-0.4, -0.2) is 28.8 Å². The van der Waals surface area contributed by atoms with Gasteiger partial charge in [-0.15, -0.1) is 0 Å². The minimum atomic E-state index is -0.0879. The minimum absolute atomic E-state index is 0.0879. The van der Waals surface area contributed by atoms with Crippen LogP contribution in [0.5, 0.6) is 0 Å². The molecule has 0 amide bonds. The highest BCUT2D eigenvalue weighted by atomic mass is 16.1. The Labute approximate surface area is 130 Å². The number of carbonyl (C=O) groups excluding carboxylic acids is 1. The fourth-order valence-corrected chi connectivity index (χ4v) is 2.92. The molecule has 114 valence electrons. The maximum absolute atomic E-state index is 12.5. The lowest BCUT2D eigenvalue weighted by Gasteiger charge is -2.30. The zero-order valence-corrected chi connectivity index (χ0v) is 12.5. The van der Waals surface area contributed by atoms with E-state index in [-0.39, 0.29) is 17.3 Å². The molecule has 1 aromatic carbocycles. The van der Waals surface area contributed by atoms with Crippen LogP contribution in [0.4, 0.5) is 11.5 Å². The molecular weight excluding hydrogens is 276 g/mol. The first kappa shape index (κ1) is 14.5. The van der Waals surface area contributed by atoms with E-state index in [0.29, 0.717) is 6.42 Å². The van der Waals surface area contributed by atoms with Crippen molar-refractivity contribution in [2.45, 2.75) is 25.7 Å². The number of nitrogens with two attached hydrogens (primary N) is 1. The SMILES string of the molecule is Nc1nccnc1C(=O)Cc1ccccc1N1CCCCC1. The normalized spacial score (nSPS) is 14.8. The number of ketones is 1. The summed E-state index contributed by atoms with van der Waals surface area (Å²) < 4.78 is 0. The molecule has 0 atom stereocenters. The maximum atomic E-state index is 12.5. The van der Waals surface area contributed by atoms with E-state index in [9.17, 15) is 4.79 Å². The molecule has 0 aliphatic carbocycles. The second-order valence-electron chi connectivity index (χ2n) is 5.57. The Kier molecular flexibility index (Phi) is 4.32. The van der Waals surface area contributed by atoms with E-state index >= 15 is 0 Å². The van der Waals surface area contributed by atoms with E-state index in [1.165, 1.54) is 31.7 Å². The van der Waals surface area contributed by atoms with Gasteiger partial charge in [-0.25, -0.2) is 9.97 Å². The van der Waals surface area contributed by atoms with Gasteiger partial charge in [0.2, 0.25) is 0 Å². The van der Waals surface area contributed by atoms with Crippen LogP contribution < -0.4 is 10.6 Å². The van der Waals surface area contributed by atoms with Crippen LogP contribution in [0.1, 0.15) is 35.3 Å². The Morgan fingerprint density at radius 3 is 2.59 bits per heavy atom. The summed E-state index contributed by atoms with van der Waals surface area (Å²) in [4.78, 5) is 22.8. The van der Waals surface area contributed by atoms with Gasteiger partial charge in [0.1, 0.15) is 5.69 Å². The third-order valence-corrected chi connectivity index (χ3v) is 4.03. The number of nitrogens with zero attached hydrogens (tertiary/aromatic N) is 3. The van der Waals surface area contributed by atoms with Gasteiger partial charge in [-0.2, -0.15) is 0 Å². The highest BCUT2D eigenvalue weighted by Crippen LogP contribution is 2.25. The summed E-state index contributed by atoms with van der Waals surface area (Å²) in [5.41, 5.74) is 8.19. The zero-order valence-electron chi connectivity index (χ0n) is 12.5. The summed E-state index contributed by atoms with van der Waals surface area (Å²) >= 11 is 0. The molecule has 2 N–H and O–H groups in total. The molecule has 1 fully saturated rings. The Bertz CT molecular complexity index is 665. The van der Waals surface area contributed by atoms with Gasteiger partial charge in [0.05, 0.1) is 0 Å². The number of carbonyl (C=O) groups is 1. The molecular formula is C17H20N4O. The Balaban J connectivity index is 1.83. The molecule has 1 aliphatic rings. The molecule has 1 aliphatic heterocycles. The summed E-state index contributed by atoms with van der Waals surface area (Å²) in [5.74, 6) is 0.109. The lowest BCUT2D eigenvalue weighted by molar-refractivity contribution is 0.0989. The highest BCUT2D eigenvalue weighted by Gasteiger charge is 2.18. The smallest absolute Gasteiger partial charge is 0.189 e. The molecule has 2 aromatic rings. The first-order chi connectivity index (χ1) is 10.8. The number of nitrogen functional groups attached to an aromatic ring is 1. The largest absolute Gasteiger partial charge is 0.382 e. The van der Waals surface area contributed by atoms with E-state index < -0.39 is 0 Å². The second kappa shape index (κ2) is 6.56. The van der Waals surface area contributed by atoms with Gasteiger partial charge >= 0.3 is 0 Å². The molecule has 0 radical (unpaired) electrons. The molecule has 0 saturated carbocycles. The predicted octanol–water partition coefficient (Wildman–Crippen LogP) is 2.47. The van der Waals surface area contributed by atoms with Gasteiger partial charge in [0.15, 0.2) is 11.6 Å². The summed E-state index contributed by atoms with van der Waals surface area (Å²) in [6, 6.07) is 8.09. The van der Waals surface area contributed by atoms with Crippen molar-refractivity contribution >= 4 is 17.3 Å². The van der Waals surface area contributed by atoms with Gasteiger partial charge in [-0.1, -0.05) is 18.2 Å². The van der Waals surface area contributed by atoms with Crippen molar-refractivity contribution in [3.05, 3.63) is 47.9 Å². The average molecular weight is 296 g/mol. The lowest BCUT2D eigenvalue weighted by atomic mass is 10.0. The fourth-order valence-electron chi connectivity index (χ4n) is 2.92.